The summed E-state index contributed by atoms with van der Waals surface area (Å²) < 4.78 is 5.21. The van der Waals surface area contributed by atoms with Gasteiger partial charge < -0.3 is 4.74 Å². The fraction of sp³-hybridized carbons (Fsp3) is 0.286. The van der Waals surface area contributed by atoms with E-state index in [-0.39, 0.29) is 6.04 Å². The molecule has 1 atom stereocenters. The molecule has 19 heavy (non-hydrogen) atoms. The predicted molar refractivity (Wildman–Crippen MR) is 73.7 cm³/mol. The number of ether oxygens (including phenoxy) is 1. The van der Waals surface area contributed by atoms with Crippen molar-refractivity contribution in [3.8, 4) is 5.75 Å². The molecule has 0 saturated heterocycles. The van der Waals surface area contributed by atoms with Crippen LogP contribution in [-0.2, 0) is 0 Å². The first-order valence-electron chi connectivity index (χ1n) is 6.06. The van der Waals surface area contributed by atoms with Crippen LogP contribution in [0.3, 0.4) is 0 Å². The summed E-state index contributed by atoms with van der Waals surface area (Å²) in [4.78, 5) is 8.52. The normalized spacial score (nSPS) is 12.2. The van der Waals surface area contributed by atoms with Gasteiger partial charge in [-0.2, -0.15) is 0 Å². The second-order valence-electron chi connectivity index (χ2n) is 4.35. The molecule has 3 N–H and O–H groups in total. The molecule has 1 aromatic carbocycles. The van der Waals surface area contributed by atoms with Crippen LogP contribution in [0.15, 0.2) is 30.5 Å². The average molecular weight is 258 g/mol. The Balaban J connectivity index is 2.42. The Hall–Kier alpha value is -1.98. The van der Waals surface area contributed by atoms with Crippen LogP contribution in [0.2, 0.25) is 0 Å². The van der Waals surface area contributed by atoms with Gasteiger partial charge in [-0.25, -0.2) is 15.4 Å². The lowest BCUT2D eigenvalue weighted by Crippen LogP contribution is -2.30. The van der Waals surface area contributed by atoms with Crippen molar-refractivity contribution >= 4 is 0 Å². The highest BCUT2D eigenvalue weighted by Crippen LogP contribution is 2.25. The second-order valence-corrected chi connectivity index (χ2v) is 4.35. The lowest BCUT2D eigenvalue weighted by molar-refractivity contribution is 0.414. The maximum absolute atomic E-state index is 5.68. The first-order valence-corrected chi connectivity index (χ1v) is 6.06. The third kappa shape index (κ3) is 2.89. The van der Waals surface area contributed by atoms with Gasteiger partial charge in [0.25, 0.3) is 0 Å². The largest absolute Gasteiger partial charge is 0.497 e. The molecule has 0 aliphatic carbocycles. The van der Waals surface area contributed by atoms with Crippen LogP contribution >= 0.6 is 0 Å². The number of hydrogen-bond donors (Lipinski definition) is 2. The molecule has 0 spiro atoms. The third-order valence-electron chi connectivity index (χ3n) is 3.05. The monoisotopic (exact) mass is 258 g/mol. The summed E-state index contributed by atoms with van der Waals surface area (Å²) in [5.74, 6) is 7.24. The highest BCUT2D eigenvalue weighted by atomic mass is 16.5. The van der Waals surface area contributed by atoms with Gasteiger partial charge in [0.05, 0.1) is 18.8 Å². The van der Waals surface area contributed by atoms with Gasteiger partial charge in [-0.05, 0) is 43.2 Å². The number of hydrazine groups is 1. The van der Waals surface area contributed by atoms with Gasteiger partial charge in [-0.3, -0.25) is 5.84 Å². The summed E-state index contributed by atoms with van der Waals surface area (Å²) in [7, 11) is 1.65. The minimum Gasteiger partial charge on any atom is -0.497 e. The van der Waals surface area contributed by atoms with Gasteiger partial charge in [0.15, 0.2) is 0 Å². The number of nitrogens with zero attached hydrogens (tertiary/aromatic N) is 2. The first kappa shape index (κ1) is 13.5. The van der Waals surface area contributed by atoms with Crippen molar-refractivity contribution in [1.82, 2.24) is 15.4 Å². The van der Waals surface area contributed by atoms with Gasteiger partial charge in [-0.1, -0.05) is 6.07 Å². The summed E-state index contributed by atoms with van der Waals surface area (Å²) >= 11 is 0. The van der Waals surface area contributed by atoms with Crippen LogP contribution < -0.4 is 16.0 Å². The molecular formula is C14H18N4O. The Kier molecular flexibility index (Phi) is 4.09. The molecule has 100 valence electrons. The van der Waals surface area contributed by atoms with Crippen molar-refractivity contribution in [3.63, 3.8) is 0 Å². The molecule has 2 aromatic rings. The molecule has 0 fully saturated rings. The van der Waals surface area contributed by atoms with Crippen molar-refractivity contribution in [1.29, 1.82) is 0 Å². The standard InChI is InChI=1S/C14H18N4O/c1-9-8-11(19-3)4-5-12(9)14(18-15)13-6-7-16-10(2)17-13/h4-8,14,18H,15H2,1-3H3. The van der Waals surface area contributed by atoms with Crippen molar-refractivity contribution in [2.24, 2.45) is 5.84 Å². The molecule has 5 heteroatoms. The predicted octanol–water partition coefficient (Wildman–Crippen LogP) is 1.65. The maximum atomic E-state index is 5.68. The molecule has 0 aliphatic rings. The first-order chi connectivity index (χ1) is 9.15. The minimum absolute atomic E-state index is 0.160. The second kappa shape index (κ2) is 5.77. The Morgan fingerprint density at radius 3 is 2.63 bits per heavy atom. The van der Waals surface area contributed by atoms with E-state index in [2.05, 4.69) is 15.4 Å². The highest BCUT2D eigenvalue weighted by Gasteiger charge is 2.16. The Morgan fingerprint density at radius 1 is 1.26 bits per heavy atom. The van der Waals surface area contributed by atoms with E-state index < -0.39 is 0 Å². The lowest BCUT2D eigenvalue weighted by Gasteiger charge is -2.18. The Morgan fingerprint density at radius 2 is 2.05 bits per heavy atom. The fourth-order valence-corrected chi connectivity index (χ4v) is 2.07. The van der Waals surface area contributed by atoms with Gasteiger partial charge >= 0.3 is 0 Å². The Bertz CT molecular complexity index is 571. The molecule has 0 bridgehead atoms. The number of hydrogen-bond acceptors (Lipinski definition) is 5. The molecule has 0 aliphatic heterocycles. The van der Waals surface area contributed by atoms with E-state index in [1.165, 1.54) is 0 Å². The maximum Gasteiger partial charge on any atom is 0.125 e. The van der Waals surface area contributed by atoms with E-state index in [0.717, 1.165) is 28.4 Å². The highest BCUT2D eigenvalue weighted by molar-refractivity contribution is 5.39. The average Bonchev–Trinajstić information content (AvgIpc) is 2.41. The van der Waals surface area contributed by atoms with Gasteiger partial charge in [-0.15, -0.1) is 0 Å². The van der Waals surface area contributed by atoms with E-state index >= 15 is 0 Å². The molecule has 0 radical (unpaired) electrons. The fourth-order valence-electron chi connectivity index (χ4n) is 2.07. The quantitative estimate of drug-likeness (QED) is 0.644. The lowest BCUT2D eigenvalue weighted by atomic mass is 9.99. The summed E-state index contributed by atoms with van der Waals surface area (Å²) in [6.07, 6.45) is 1.74. The molecule has 0 saturated carbocycles. The zero-order valence-corrected chi connectivity index (χ0v) is 11.3. The van der Waals surface area contributed by atoms with Crippen LogP contribution in [0.4, 0.5) is 0 Å². The zero-order valence-electron chi connectivity index (χ0n) is 11.3. The number of nitrogens with one attached hydrogen (secondary N) is 1. The van der Waals surface area contributed by atoms with E-state index in [1.54, 1.807) is 13.3 Å². The summed E-state index contributed by atoms with van der Waals surface area (Å²) in [5.41, 5.74) is 5.83. The third-order valence-corrected chi connectivity index (χ3v) is 3.05. The molecule has 1 unspecified atom stereocenters. The topological polar surface area (TPSA) is 73.1 Å². The van der Waals surface area contributed by atoms with Crippen molar-refractivity contribution in [2.75, 3.05) is 7.11 Å². The molecule has 1 aromatic heterocycles. The van der Waals surface area contributed by atoms with Crippen LogP contribution in [0.1, 0.15) is 28.7 Å². The number of rotatable bonds is 4. The van der Waals surface area contributed by atoms with E-state index in [4.69, 9.17) is 10.6 Å². The van der Waals surface area contributed by atoms with E-state index in [9.17, 15) is 0 Å². The molecule has 1 heterocycles. The number of nitrogens with two attached hydrogens (primary N) is 1. The van der Waals surface area contributed by atoms with Gasteiger partial charge in [0.2, 0.25) is 0 Å². The number of aromatic nitrogens is 2. The summed E-state index contributed by atoms with van der Waals surface area (Å²) in [5, 5.41) is 0. The van der Waals surface area contributed by atoms with Crippen LogP contribution in [0, 0.1) is 13.8 Å². The Labute approximate surface area is 112 Å². The molecule has 5 nitrogen and oxygen atoms in total. The molecule has 2 rings (SSSR count). The number of methoxy groups -OCH3 is 1. The molecular weight excluding hydrogens is 240 g/mol. The van der Waals surface area contributed by atoms with E-state index in [1.807, 2.05) is 38.1 Å². The van der Waals surface area contributed by atoms with Crippen molar-refractivity contribution in [3.05, 3.63) is 53.1 Å². The molecule has 0 amide bonds. The number of aryl methyl sites for hydroxylation is 2. The SMILES string of the molecule is COc1ccc(C(NN)c2ccnc(C)n2)c(C)c1. The van der Waals surface area contributed by atoms with Crippen LogP contribution in [-0.4, -0.2) is 17.1 Å². The summed E-state index contributed by atoms with van der Waals surface area (Å²) in [6, 6.07) is 7.60. The summed E-state index contributed by atoms with van der Waals surface area (Å²) in [6.45, 7) is 3.88. The number of benzene rings is 1. The van der Waals surface area contributed by atoms with Gasteiger partial charge in [0.1, 0.15) is 11.6 Å². The van der Waals surface area contributed by atoms with Gasteiger partial charge in [0, 0.05) is 6.20 Å². The van der Waals surface area contributed by atoms with Crippen LogP contribution in [0.25, 0.3) is 0 Å². The van der Waals surface area contributed by atoms with Crippen LogP contribution in [0.5, 0.6) is 5.75 Å². The minimum atomic E-state index is -0.160. The van der Waals surface area contributed by atoms with Crippen molar-refractivity contribution in [2.45, 2.75) is 19.9 Å². The zero-order chi connectivity index (χ0) is 13.8. The smallest absolute Gasteiger partial charge is 0.125 e. The van der Waals surface area contributed by atoms with Crippen molar-refractivity contribution < 1.29 is 4.74 Å². The van der Waals surface area contributed by atoms with E-state index in [0.29, 0.717) is 0 Å².